The molecule has 1 aromatic rings. The van der Waals surface area contributed by atoms with Gasteiger partial charge >= 0.3 is 0 Å². The van der Waals surface area contributed by atoms with Gasteiger partial charge in [-0.05, 0) is 31.4 Å². The van der Waals surface area contributed by atoms with Crippen LogP contribution >= 0.6 is 23.1 Å². The summed E-state index contributed by atoms with van der Waals surface area (Å²) in [7, 11) is 2.05. The summed E-state index contributed by atoms with van der Waals surface area (Å²) in [5.74, 6) is 0. The Morgan fingerprint density at radius 1 is 1.47 bits per heavy atom. The van der Waals surface area contributed by atoms with Gasteiger partial charge in [-0.15, -0.1) is 23.1 Å². The third-order valence-corrected chi connectivity index (χ3v) is 4.15. The molecule has 0 fully saturated rings. The topological polar surface area (TPSA) is 15.6 Å². The molecule has 1 aliphatic heterocycles. The van der Waals surface area contributed by atoms with Crippen LogP contribution in [0.4, 0.5) is 0 Å². The molecule has 80 valence electrons. The number of aliphatic imine (C=N–C) groups is 1. The molecule has 0 spiro atoms. The minimum absolute atomic E-state index is 0.215. The van der Waals surface area contributed by atoms with Gasteiger partial charge in [-0.25, -0.2) is 4.99 Å². The van der Waals surface area contributed by atoms with Gasteiger partial charge in [-0.1, -0.05) is 0 Å². The number of nitrogens with zero attached hydrogens (tertiary/aromatic N) is 2. The summed E-state index contributed by atoms with van der Waals surface area (Å²) >= 11 is 3.55. The highest BCUT2D eigenvalue weighted by atomic mass is 32.2. The summed E-state index contributed by atoms with van der Waals surface area (Å²) in [4.78, 5) is 9.41. The van der Waals surface area contributed by atoms with Crippen LogP contribution in [-0.2, 0) is 0 Å². The Hall–Kier alpha value is -0.740. The average Bonchev–Trinajstić information content (AvgIpc) is 2.66. The van der Waals surface area contributed by atoms with E-state index in [0.717, 1.165) is 5.71 Å². The monoisotopic (exact) mass is 238 g/mol. The summed E-state index contributed by atoms with van der Waals surface area (Å²) in [5, 5.41) is 0. The van der Waals surface area contributed by atoms with Crippen LogP contribution in [-0.4, -0.2) is 29.4 Å². The standard InChI is InChI=1S/C11H14N2S2/c1-8-4-5-10(15-8)9-6-7-13(2)11(12-9)14-3/h4-7,11H,1-3H3. The van der Waals surface area contributed by atoms with Crippen molar-refractivity contribution in [2.75, 3.05) is 13.3 Å². The molecular formula is C11H14N2S2. The first kappa shape index (κ1) is 10.8. The van der Waals surface area contributed by atoms with E-state index in [1.807, 2.05) is 0 Å². The molecule has 0 radical (unpaired) electrons. The maximum atomic E-state index is 4.69. The molecule has 1 aromatic heterocycles. The van der Waals surface area contributed by atoms with Crippen molar-refractivity contribution in [3.8, 4) is 0 Å². The van der Waals surface area contributed by atoms with Gasteiger partial charge in [0.15, 0.2) is 5.50 Å². The SMILES string of the molecule is CSC1N=C(c2ccc(C)s2)C=CN1C. The minimum Gasteiger partial charge on any atom is -0.351 e. The fraction of sp³-hybridized carbons (Fsp3) is 0.364. The Kier molecular flexibility index (Phi) is 3.17. The van der Waals surface area contributed by atoms with Gasteiger partial charge in [0.25, 0.3) is 0 Å². The summed E-state index contributed by atoms with van der Waals surface area (Å²) < 4.78 is 0. The van der Waals surface area contributed by atoms with E-state index in [0.29, 0.717) is 0 Å². The quantitative estimate of drug-likeness (QED) is 0.787. The van der Waals surface area contributed by atoms with E-state index in [1.165, 1.54) is 9.75 Å². The molecule has 0 saturated heterocycles. The van der Waals surface area contributed by atoms with Crippen molar-refractivity contribution in [3.63, 3.8) is 0 Å². The molecule has 2 heterocycles. The van der Waals surface area contributed by atoms with E-state index in [2.05, 4.69) is 49.5 Å². The molecule has 0 N–H and O–H groups in total. The van der Waals surface area contributed by atoms with Gasteiger partial charge in [-0.3, -0.25) is 0 Å². The van der Waals surface area contributed by atoms with Gasteiger partial charge in [0.05, 0.1) is 10.6 Å². The molecule has 1 aliphatic rings. The third kappa shape index (κ3) is 2.26. The lowest BCUT2D eigenvalue weighted by Gasteiger charge is -2.25. The second-order valence-corrected chi connectivity index (χ2v) is 5.65. The lowest BCUT2D eigenvalue weighted by Crippen LogP contribution is -2.26. The van der Waals surface area contributed by atoms with E-state index < -0.39 is 0 Å². The number of hydrogen-bond donors (Lipinski definition) is 0. The minimum atomic E-state index is 0.215. The summed E-state index contributed by atoms with van der Waals surface area (Å²) in [6.45, 7) is 2.12. The second kappa shape index (κ2) is 4.41. The fourth-order valence-electron chi connectivity index (χ4n) is 1.45. The Labute approximate surface area is 98.7 Å². The molecule has 0 aliphatic carbocycles. The number of hydrogen-bond acceptors (Lipinski definition) is 4. The molecule has 1 unspecified atom stereocenters. The molecule has 2 nitrogen and oxygen atoms in total. The van der Waals surface area contributed by atoms with Crippen molar-refractivity contribution in [3.05, 3.63) is 34.2 Å². The molecule has 0 aromatic carbocycles. The van der Waals surface area contributed by atoms with E-state index in [1.54, 1.807) is 23.1 Å². The van der Waals surface area contributed by atoms with Crippen molar-refractivity contribution in [1.82, 2.24) is 4.90 Å². The molecule has 2 rings (SSSR count). The second-order valence-electron chi connectivity index (χ2n) is 3.47. The van der Waals surface area contributed by atoms with Gasteiger partial charge in [0.2, 0.25) is 0 Å². The van der Waals surface area contributed by atoms with E-state index in [-0.39, 0.29) is 5.50 Å². The lowest BCUT2D eigenvalue weighted by atomic mass is 10.3. The maximum Gasteiger partial charge on any atom is 0.168 e. The number of thiophene rings is 1. The predicted octanol–water partition coefficient (Wildman–Crippen LogP) is 2.95. The Morgan fingerprint density at radius 2 is 2.27 bits per heavy atom. The normalized spacial score (nSPS) is 20.6. The van der Waals surface area contributed by atoms with Crippen molar-refractivity contribution in [2.24, 2.45) is 4.99 Å². The molecule has 0 bridgehead atoms. The molecule has 1 atom stereocenters. The van der Waals surface area contributed by atoms with Crippen LogP contribution in [0.2, 0.25) is 0 Å². The van der Waals surface area contributed by atoms with Gasteiger partial charge in [0.1, 0.15) is 0 Å². The highest BCUT2D eigenvalue weighted by Gasteiger charge is 2.15. The third-order valence-electron chi connectivity index (χ3n) is 2.27. The average molecular weight is 238 g/mol. The van der Waals surface area contributed by atoms with Gasteiger partial charge in [-0.2, -0.15) is 0 Å². The van der Waals surface area contributed by atoms with E-state index in [4.69, 9.17) is 4.99 Å². The first-order valence-electron chi connectivity index (χ1n) is 4.78. The zero-order valence-electron chi connectivity index (χ0n) is 9.10. The Balaban J connectivity index is 2.27. The first-order chi connectivity index (χ1) is 7.20. The van der Waals surface area contributed by atoms with E-state index in [9.17, 15) is 0 Å². The Bertz CT molecular complexity index is 406. The van der Waals surface area contributed by atoms with Crippen molar-refractivity contribution in [1.29, 1.82) is 0 Å². The van der Waals surface area contributed by atoms with Crippen LogP contribution in [0.15, 0.2) is 29.4 Å². The van der Waals surface area contributed by atoms with Gasteiger partial charge < -0.3 is 4.90 Å². The highest BCUT2D eigenvalue weighted by Crippen LogP contribution is 2.22. The van der Waals surface area contributed by atoms with Crippen LogP contribution < -0.4 is 0 Å². The zero-order chi connectivity index (χ0) is 10.8. The van der Waals surface area contributed by atoms with E-state index >= 15 is 0 Å². The number of rotatable bonds is 2. The lowest BCUT2D eigenvalue weighted by molar-refractivity contribution is 0.434. The first-order valence-corrected chi connectivity index (χ1v) is 6.88. The van der Waals surface area contributed by atoms with Crippen LogP contribution in [0.5, 0.6) is 0 Å². The maximum absolute atomic E-state index is 4.69. The van der Waals surface area contributed by atoms with Crippen LogP contribution in [0.3, 0.4) is 0 Å². The summed E-state index contributed by atoms with van der Waals surface area (Å²) in [6.07, 6.45) is 6.26. The highest BCUT2D eigenvalue weighted by molar-refractivity contribution is 7.99. The van der Waals surface area contributed by atoms with Crippen molar-refractivity contribution < 1.29 is 0 Å². The molecule has 0 saturated carbocycles. The van der Waals surface area contributed by atoms with Crippen LogP contribution in [0, 0.1) is 6.92 Å². The van der Waals surface area contributed by atoms with Crippen molar-refractivity contribution >= 4 is 28.8 Å². The Morgan fingerprint density at radius 3 is 2.87 bits per heavy atom. The van der Waals surface area contributed by atoms with Crippen LogP contribution in [0.1, 0.15) is 9.75 Å². The summed E-state index contributed by atoms with van der Waals surface area (Å²) in [6, 6.07) is 4.29. The smallest absolute Gasteiger partial charge is 0.168 e. The van der Waals surface area contributed by atoms with Crippen LogP contribution in [0.25, 0.3) is 0 Å². The number of allylic oxidation sites excluding steroid dienone is 1. The van der Waals surface area contributed by atoms with Crippen molar-refractivity contribution in [2.45, 2.75) is 12.4 Å². The molecule has 4 heteroatoms. The summed E-state index contributed by atoms with van der Waals surface area (Å²) in [5.41, 5.74) is 1.32. The molecule has 15 heavy (non-hydrogen) atoms. The van der Waals surface area contributed by atoms with Gasteiger partial charge in [0, 0.05) is 18.1 Å². The number of aryl methyl sites for hydroxylation is 1. The zero-order valence-corrected chi connectivity index (χ0v) is 10.7. The number of thioether (sulfide) groups is 1. The molecular weight excluding hydrogens is 224 g/mol. The fourth-order valence-corrected chi connectivity index (χ4v) is 2.92. The molecule has 0 amide bonds. The largest absolute Gasteiger partial charge is 0.351 e. The predicted molar refractivity (Wildman–Crippen MR) is 69.8 cm³/mol.